The number of hydrogen-bond acceptors (Lipinski definition) is 3. The second kappa shape index (κ2) is 4.56. The van der Waals surface area contributed by atoms with E-state index in [0.717, 1.165) is 15.8 Å². The van der Waals surface area contributed by atoms with Crippen LogP contribution < -0.4 is 5.69 Å². The number of imidazole rings is 1. The lowest BCUT2D eigenvalue weighted by Gasteiger charge is -1.93. The molecule has 0 radical (unpaired) electrons. The monoisotopic (exact) mass is 343 g/mol. The molecule has 6 nitrogen and oxygen atoms in total. The summed E-state index contributed by atoms with van der Waals surface area (Å²) in [6.07, 6.45) is 5.54. The van der Waals surface area contributed by atoms with Crippen LogP contribution in [0, 0.1) is 0 Å². The summed E-state index contributed by atoms with van der Waals surface area (Å²) in [4.78, 5) is 16.7. The zero-order chi connectivity index (χ0) is 14.4. The third-order valence-electron chi connectivity index (χ3n) is 3.27. The smallest absolute Gasteiger partial charge is 0.306 e. The maximum atomic E-state index is 12.2. The van der Waals surface area contributed by atoms with Gasteiger partial charge in [0.25, 0.3) is 0 Å². The Hall–Kier alpha value is -2.41. The van der Waals surface area contributed by atoms with Gasteiger partial charge >= 0.3 is 5.69 Å². The number of fused-ring (bicyclic) bond motifs is 2. The third kappa shape index (κ3) is 2.06. The van der Waals surface area contributed by atoms with Crippen molar-refractivity contribution in [3.05, 3.63) is 69.6 Å². The highest BCUT2D eigenvalue weighted by Gasteiger charge is 2.09. The van der Waals surface area contributed by atoms with Gasteiger partial charge in [-0.3, -0.25) is 4.40 Å². The van der Waals surface area contributed by atoms with Crippen molar-refractivity contribution in [1.29, 1.82) is 0 Å². The molecular formula is C14H10BrN5O. The van der Waals surface area contributed by atoms with E-state index in [0.29, 0.717) is 12.2 Å². The molecule has 0 fully saturated rings. The van der Waals surface area contributed by atoms with E-state index < -0.39 is 0 Å². The molecule has 4 heterocycles. The summed E-state index contributed by atoms with van der Waals surface area (Å²) in [5.74, 6) is 0. The number of rotatable bonds is 2. The van der Waals surface area contributed by atoms with Crippen LogP contribution in [0.4, 0.5) is 0 Å². The Labute approximate surface area is 127 Å². The average Bonchev–Trinajstić information content (AvgIpc) is 3.01. The van der Waals surface area contributed by atoms with Gasteiger partial charge in [-0.05, 0) is 40.2 Å². The fraction of sp³-hybridized carbons (Fsp3) is 0.0714. The molecule has 0 amide bonds. The Balaban J connectivity index is 1.79. The van der Waals surface area contributed by atoms with E-state index >= 15 is 0 Å². The Morgan fingerprint density at radius 3 is 2.86 bits per heavy atom. The molecule has 0 saturated carbocycles. The lowest BCUT2D eigenvalue weighted by molar-refractivity contribution is 0.649. The first-order chi connectivity index (χ1) is 10.2. The van der Waals surface area contributed by atoms with Gasteiger partial charge in [0.05, 0.1) is 12.2 Å². The molecule has 0 aromatic carbocycles. The van der Waals surface area contributed by atoms with E-state index in [2.05, 4.69) is 26.0 Å². The second-order valence-corrected chi connectivity index (χ2v) is 5.63. The van der Waals surface area contributed by atoms with Crippen molar-refractivity contribution in [1.82, 2.24) is 23.6 Å². The highest BCUT2D eigenvalue weighted by atomic mass is 79.9. The summed E-state index contributed by atoms with van der Waals surface area (Å²) in [5.41, 5.74) is 2.10. The van der Waals surface area contributed by atoms with Crippen molar-refractivity contribution in [3.63, 3.8) is 0 Å². The average molecular weight is 344 g/mol. The minimum Gasteiger partial charge on any atom is -0.306 e. The normalized spacial score (nSPS) is 11.5. The molecule has 21 heavy (non-hydrogen) atoms. The Morgan fingerprint density at radius 2 is 2.00 bits per heavy atom. The molecule has 0 spiro atoms. The van der Waals surface area contributed by atoms with E-state index in [1.165, 1.54) is 9.08 Å². The molecule has 0 N–H and O–H groups in total. The molecule has 0 bridgehead atoms. The van der Waals surface area contributed by atoms with Crippen LogP contribution in [0.1, 0.15) is 5.69 Å². The zero-order valence-electron chi connectivity index (χ0n) is 10.8. The highest BCUT2D eigenvalue weighted by Crippen LogP contribution is 2.12. The van der Waals surface area contributed by atoms with Crippen LogP contribution in [0.15, 0.2) is 58.2 Å². The largest absolute Gasteiger partial charge is 0.350 e. The van der Waals surface area contributed by atoms with Gasteiger partial charge in [0.2, 0.25) is 0 Å². The van der Waals surface area contributed by atoms with Gasteiger partial charge in [-0.15, -0.1) is 5.10 Å². The quantitative estimate of drug-likeness (QED) is 0.559. The SMILES string of the molecule is O=c1n(Cc2cn3cc(Br)ccc3n2)nc2ccccn12. The van der Waals surface area contributed by atoms with E-state index in [1.54, 1.807) is 12.3 Å². The highest BCUT2D eigenvalue weighted by molar-refractivity contribution is 9.10. The van der Waals surface area contributed by atoms with Crippen molar-refractivity contribution >= 4 is 27.2 Å². The second-order valence-electron chi connectivity index (χ2n) is 4.71. The molecule has 4 rings (SSSR count). The van der Waals surface area contributed by atoms with Crippen LogP contribution in [0.3, 0.4) is 0 Å². The standard InChI is InChI=1S/C14H10BrN5O/c15-10-4-5-12-16-11(8-18(12)7-10)9-20-14(21)19-6-2-1-3-13(19)17-20/h1-8H,9H2. The van der Waals surface area contributed by atoms with E-state index in [1.807, 2.05) is 41.1 Å². The maximum absolute atomic E-state index is 12.2. The number of aromatic nitrogens is 5. The van der Waals surface area contributed by atoms with Gasteiger partial charge in [-0.25, -0.2) is 14.5 Å². The molecule has 0 aliphatic heterocycles. The lowest BCUT2D eigenvalue weighted by atomic mass is 10.5. The molecule has 0 unspecified atom stereocenters. The topological polar surface area (TPSA) is 56.6 Å². The van der Waals surface area contributed by atoms with Gasteiger partial charge < -0.3 is 4.40 Å². The minimum atomic E-state index is -0.163. The van der Waals surface area contributed by atoms with Crippen LogP contribution >= 0.6 is 15.9 Å². The van der Waals surface area contributed by atoms with Crippen LogP contribution in [0.25, 0.3) is 11.3 Å². The fourth-order valence-electron chi connectivity index (χ4n) is 2.32. The first-order valence-corrected chi connectivity index (χ1v) is 7.17. The molecule has 7 heteroatoms. The Kier molecular flexibility index (Phi) is 2.68. The molecule has 0 aliphatic carbocycles. The molecule has 0 atom stereocenters. The van der Waals surface area contributed by atoms with Gasteiger partial charge in [0.1, 0.15) is 5.65 Å². The Morgan fingerprint density at radius 1 is 1.10 bits per heavy atom. The molecular weight excluding hydrogens is 334 g/mol. The molecule has 4 aromatic rings. The van der Waals surface area contributed by atoms with E-state index in [4.69, 9.17) is 0 Å². The zero-order valence-corrected chi connectivity index (χ0v) is 12.4. The first-order valence-electron chi connectivity index (χ1n) is 6.38. The van der Waals surface area contributed by atoms with Gasteiger partial charge in [0.15, 0.2) is 5.65 Å². The Bertz CT molecular complexity index is 1010. The van der Waals surface area contributed by atoms with Gasteiger partial charge in [-0.1, -0.05) is 6.07 Å². The molecule has 0 aliphatic rings. The first kappa shape index (κ1) is 12.3. The number of pyridine rings is 2. The molecule has 4 aromatic heterocycles. The van der Waals surface area contributed by atoms with Gasteiger partial charge in [-0.2, -0.15) is 0 Å². The van der Waals surface area contributed by atoms with Crippen molar-refractivity contribution in [3.8, 4) is 0 Å². The van der Waals surface area contributed by atoms with Crippen molar-refractivity contribution < 1.29 is 0 Å². The van der Waals surface area contributed by atoms with E-state index in [9.17, 15) is 4.79 Å². The predicted octanol–water partition coefficient (Wildman–Crippen LogP) is 1.95. The molecule has 0 saturated heterocycles. The number of halogens is 1. The summed E-state index contributed by atoms with van der Waals surface area (Å²) < 4.78 is 5.84. The fourth-order valence-corrected chi connectivity index (χ4v) is 2.67. The molecule has 104 valence electrons. The summed E-state index contributed by atoms with van der Waals surface area (Å²) in [6, 6.07) is 9.32. The van der Waals surface area contributed by atoms with Crippen molar-refractivity contribution in [2.24, 2.45) is 0 Å². The summed E-state index contributed by atoms with van der Waals surface area (Å²) >= 11 is 3.42. The van der Waals surface area contributed by atoms with Crippen LogP contribution in [0.2, 0.25) is 0 Å². The number of hydrogen-bond donors (Lipinski definition) is 0. The summed E-state index contributed by atoms with van der Waals surface area (Å²) in [6.45, 7) is 0.347. The van der Waals surface area contributed by atoms with Crippen molar-refractivity contribution in [2.45, 2.75) is 6.54 Å². The number of nitrogens with zero attached hydrogens (tertiary/aromatic N) is 5. The summed E-state index contributed by atoms with van der Waals surface area (Å²) in [7, 11) is 0. The van der Waals surface area contributed by atoms with E-state index in [-0.39, 0.29) is 5.69 Å². The lowest BCUT2D eigenvalue weighted by Crippen LogP contribution is -2.21. The minimum absolute atomic E-state index is 0.163. The van der Waals surface area contributed by atoms with Crippen LogP contribution in [-0.2, 0) is 6.54 Å². The van der Waals surface area contributed by atoms with Crippen LogP contribution in [0.5, 0.6) is 0 Å². The van der Waals surface area contributed by atoms with Crippen LogP contribution in [-0.4, -0.2) is 23.6 Å². The van der Waals surface area contributed by atoms with Crippen molar-refractivity contribution in [2.75, 3.05) is 0 Å². The predicted molar refractivity (Wildman–Crippen MR) is 81.4 cm³/mol. The maximum Gasteiger partial charge on any atom is 0.350 e. The third-order valence-corrected chi connectivity index (χ3v) is 3.73. The summed E-state index contributed by atoms with van der Waals surface area (Å²) in [5, 5.41) is 4.30. The van der Waals surface area contributed by atoms with Gasteiger partial charge in [0, 0.05) is 23.1 Å².